The highest BCUT2D eigenvalue weighted by Gasteiger charge is 2.23. The Morgan fingerprint density at radius 2 is 2.33 bits per heavy atom. The standard InChI is InChI=1S/C11H13N3O/c15-6-8-3-4-12-11-10(8)13-9(14-11)5-7-1-2-7/h3-4,7,15H,1-2,5-6H2,(H,12,13,14). The van der Waals surface area contributed by atoms with Gasteiger partial charge in [0.1, 0.15) is 11.3 Å². The van der Waals surface area contributed by atoms with Crippen molar-refractivity contribution in [1.29, 1.82) is 0 Å². The molecule has 0 bridgehead atoms. The van der Waals surface area contributed by atoms with E-state index in [1.807, 2.05) is 6.07 Å². The van der Waals surface area contributed by atoms with Gasteiger partial charge < -0.3 is 10.1 Å². The van der Waals surface area contributed by atoms with Gasteiger partial charge in [0, 0.05) is 18.2 Å². The number of nitrogens with zero attached hydrogens (tertiary/aromatic N) is 2. The van der Waals surface area contributed by atoms with Crippen molar-refractivity contribution >= 4 is 11.2 Å². The second kappa shape index (κ2) is 3.31. The van der Waals surface area contributed by atoms with Crippen LogP contribution in [0, 0.1) is 5.92 Å². The maximum atomic E-state index is 9.16. The monoisotopic (exact) mass is 203 g/mol. The lowest BCUT2D eigenvalue weighted by Gasteiger charge is -1.94. The van der Waals surface area contributed by atoms with Crippen LogP contribution in [0.3, 0.4) is 0 Å². The minimum Gasteiger partial charge on any atom is -0.392 e. The van der Waals surface area contributed by atoms with Crippen molar-refractivity contribution in [2.75, 3.05) is 0 Å². The van der Waals surface area contributed by atoms with E-state index in [0.717, 1.165) is 34.9 Å². The molecule has 15 heavy (non-hydrogen) atoms. The third-order valence-corrected chi connectivity index (χ3v) is 2.87. The number of H-pyrrole nitrogens is 1. The predicted octanol–water partition coefficient (Wildman–Crippen LogP) is 1.40. The molecule has 1 saturated carbocycles. The first-order valence-corrected chi connectivity index (χ1v) is 5.30. The Morgan fingerprint density at radius 3 is 3.07 bits per heavy atom. The van der Waals surface area contributed by atoms with Crippen molar-refractivity contribution in [3.8, 4) is 0 Å². The van der Waals surface area contributed by atoms with E-state index in [2.05, 4.69) is 15.0 Å². The molecule has 0 radical (unpaired) electrons. The number of hydrogen-bond acceptors (Lipinski definition) is 3. The lowest BCUT2D eigenvalue weighted by molar-refractivity contribution is 0.283. The maximum absolute atomic E-state index is 9.16. The highest BCUT2D eigenvalue weighted by Crippen LogP contribution is 2.32. The average Bonchev–Trinajstić information content (AvgIpc) is 2.95. The maximum Gasteiger partial charge on any atom is 0.157 e. The Balaban J connectivity index is 2.03. The topological polar surface area (TPSA) is 61.8 Å². The Bertz CT molecular complexity index is 488. The zero-order valence-corrected chi connectivity index (χ0v) is 8.40. The van der Waals surface area contributed by atoms with Crippen molar-refractivity contribution < 1.29 is 5.11 Å². The summed E-state index contributed by atoms with van der Waals surface area (Å²) in [4.78, 5) is 11.9. The van der Waals surface area contributed by atoms with Gasteiger partial charge in [-0.1, -0.05) is 0 Å². The lowest BCUT2D eigenvalue weighted by Crippen LogP contribution is -1.89. The second-order valence-electron chi connectivity index (χ2n) is 4.16. The van der Waals surface area contributed by atoms with Crippen LogP contribution in [0.5, 0.6) is 0 Å². The summed E-state index contributed by atoms with van der Waals surface area (Å²) in [6.07, 6.45) is 5.35. The molecule has 4 nitrogen and oxygen atoms in total. The number of nitrogens with one attached hydrogen (secondary N) is 1. The number of rotatable bonds is 3. The summed E-state index contributed by atoms with van der Waals surface area (Å²) >= 11 is 0. The smallest absolute Gasteiger partial charge is 0.157 e. The molecule has 0 spiro atoms. The van der Waals surface area contributed by atoms with Gasteiger partial charge in [-0.25, -0.2) is 9.97 Å². The molecule has 2 heterocycles. The molecule has 78 valence electrons. The van der Waals surface area contributed by atoms with Crippen molar-refractivity contribution in [1.82, 2.24) is 15.0 Å². The van der Waals surface area contributed by atoms with Gasteiger partial charge in [-0.3, -0.25) is 0 Å². The zero-order valence-electron chi connectivity index (χ0n) is 8.40. The second-order valence-corrected chi connectivity index (χ2v) is 4.16. The molecule has 0 amide bonds. The summed E-state index contributed by atoms with van der Waals surface area (Å²) in [7, 11) is 0. The highest BCUT2D eigenvalue weighted by atomic mass is 16.3. The molecular weight excluding hydrogens is 190 g/mol. The summed E-state index contributed by atoms with van der Waals surface area (Å²) in [5.74, 6) is 1.81. The van der Waals surface area contributed by atoms with E-state index in [1.54, 1.807) is 6.20 Å². The van der Waals surface area contributed by atoms with E-state index in [-0.39, 0.29) is 6.61 Å². The molecule has 0 unspecified atom stereocenters. The Kier molecular flexibility index (Phi) is 1.95. The number of aliphatic hydroxyl groups is 1. The summed E-state index contributed by atoms with van der Waals surface area (Å²) in [6.45, 7) is 0.0206. The molecule has 1 aliphatic rings. The molecule has 0 saturated heterocycles. The number of fused-ring (bicyclic) bond motifs is 1. The van der Waals surface area contributed by atoms with E-state index < -0.39 is 0 Å². The van der Waals surface area contributed by atoms with Crippen LogP contribution in [0.2, 0.25) is 0 Å². The van der Waals surface area contributed by atoms with Crippen LogP contribution in [-0.2, 0) is 13.0 Å². The molecule has 3 rings (SSSR count). The molecule has 2 N–H and O–H groups in total. The quantitative estimate of drug-likeness (QED) is 0.792. The van der Waals surface area contributed by atoms with Crippen LogP contribution in [0.25, 0.3) is 11.2 Å². The van der Waals surface area contributed by atoms with E-state index in [9.17, 15) is 0 Å². The van der Waals surface area contributed by atoms with Gasteiger partial charge in [0.2, 0.25) is 0 Å². The normalized spacial score (nSPS) is 16.1. The number of pyridine rings is 1. The van der Waals surface area contributed by atoms with Crippen LogP contribution in [0.15, 0.2) is 12.3 Å². The first-order chi connectivity index (χ1) is 7.36. The number of aliphatic hydroxyl groups excluding tert-OH is 1. The molecule has 2 aromatic heterocycles. The predicted molar refractivity (Wildman–Crippen MR) is 56.2 cm³/mol. The van der Waals surface area contributed by atoms with Crippen molar-refractivity contribution in [2.24, 2.45) is 5.92 Å². The third-order valence-electron chi connectivity index (χ3n) is 2.87. The van der Waals surface area contributed by atoms with Crippen molar-refractivity contribution in [3.63, 3.8) is 0 Å². The van der Waals surface area contributed by atoms with Crippen LogP contribution in [-0.4, -0.2) is 20.1 Å². The minimum absolute atomic E-state index is 0.0206. The van der Waals surface area contributed by atoms with Gasteiger partial charge in [-0.05, 0) is 24.8 Å². The molecule has 2 aromatic rings. The van der Waals surface area contributed by atoms with Gasteiger partial charge in [0.25, 0.3) is 0 Å². The summed E-state index contributed by atoms with van der Waals surface area (Å²) in [5, 5.41) is 9.16. The summed E-state index contributed by atoms with van der Waals surface area (Å²) in [6, 6.07) is 1.81. The van der Waals surface area contributed by atoms with Crippen LogP contribution in [0.1, 0.15) is 24.2 Å². The summed E-state index contributed by atoms with van der Waals surface area (Å²) in [5.41, 5.74) is 2.45. The number of aromatic nitrogens is 3. The molecular formula is C11H13N3O. The number of hydrogen-bond donors (Lipinski definition) is 2. The number of aromatic amines is 1. The molecule has 0 aliphatic heterocycles. The first kappa shape index (κ1) is 8.85. The van der Waals surface area contributed by atoms with Crippen LogP contribution >= 0.6 is 0 Å². The lowest BCUT2D eigenvalue weighted by atomic mass is 10.2. The van der Waals surface area contributed by atoms with E-state index in [0.29, 0.717) is 0 Å². The minimum atomic E-state index is 0.0206. The van der Waals surface area contributed by atoms with Crippen molar-refractivity contribution in [2.45, 2.75) is 25.9 Å². The van der Waals surface area contributed by atoms with E-state index in [4.69, 9.17) is 5.11 Å². The van der Waals surface area contributed by atoms with E-state index in [1.165, 1.54) is 12.8 Å². The Labute approximate surface area is 87.4 Å². The first-order valence-electron chi connectivity index (χ1n) is 5.30. The van der Waals surface area contributed by atoms with Crippen LogP contribution in [0.4, 0.5) is 0 Å². The van der Waals surface area contributed by atoms with Gasteiger partial charge in [-0.15, -0.1) is 0 Å². The fourth-order valence-electron chi connectivity index (χ4n) is 1.83. The molecule has 1 aliphatic carbocycles. The van der Waals surface area contributed by atoms with Gasteiger partial charge in [-0.2, -0.15) is 0 Å². The zero-order chi connectivity index (χ0) is 10.3. The Morgan fingerprint density at radius 1 is 1.47 bits per heavy atom. The molecule has 0 aromatic carbocycles. The summed E-state index contributed by atoms with van der Waals surface area (Å²) < 4.78 is 0. The highest BCUT2D eigenvalue weighted by molar-refractivity contribution is 5.74. The molecule has 1 fully saturated rings. The fourth-order valence-corrected chi connectivity index (χ4v) is 1.83. The third kappa shape index (κ3) is 1.61. The number of imidazole rings is 1. The largest absolute Gasteiger partial charge is 0.392 e. The SMILES string of the molecule is OCc1ccnc2[nH]c(CC3CC3)nc12. The van der Waals surface area contributed by atoms with Crippen LogP contribution < -0.4 is 0 Å². The fraction of sp³-hybridized carbons (Fsp3) is 0.455. The van der Waals surface area contributed by atoms with Crippen molar-refractivity contribution in [3.05, 3.63) is 23.7 Å². The average molecular weight is 203 g/mol. The molecule has 0 atom stereocenters. The van der Waals surface area contributed by atoms with Gasteiger partial charge in [0.05, 0.1) is 6.61 Å². The molecule has 4 heteroatoms. The Hall–Kier alpha value is -1.42. The van der Waals surface area contributed by atoms with Gasteiger partial charge in [0.15, 0.2) is 5.65 Å². The van der Waals surface area contributed by atoms with E-state index >= 15 is 0 Å². The van der Waals surface area contributed by atoms with Gasteiger partial charge >= 0.3 is 0 Å².